The van der Waals surface area contributed by atoms with Crippen LogP contribution in [0.1, 0.15) is 17.5 Å². The molecule has 5 heteroatoms. The number of hydrogen-bond acceptors (Lipinski definition) is 3. The van der Waals surface area contributed by atoms with Gasteiger partial charge in [-0.3, -0.25) is 5.41 Å². The van der Waals surface area contributed by atoms with Crippen molar-refractivity contribution in [2.75, 3.05) is 18.6 Å². The zero-order valence-electron chi connectivity index (χ0n) is 9.81. The van der Waals surface area contributed by atoms with Gasteiger partial charge in [0.1, 0.15) is 15.7 Å². The van der Waals surface area contributed by atoms with Crippen LogP contribution < -0.4 is 0 Å². The number of hydrogen-bond donors (Lipinski definition) is 1. The van der Waals surface area contributed by atoms with E-state index >= 15 is 0 Å². The minimum atomic E-state index is -2.90. The molecule has 0 saturated heterocycles. The molecule has 0 spiro atoms. The highest BCUT2D eigenvalue weighted by Gasteiger charge is 2.22. The molecule has 0 radical (unpaired) electrons. The van der Waals surface area contributed by atoms with Crippen molar-refractivity contribution in [1.82, 2.24) is 4.90 Å². The van der Waals surface area contributed by atoms with Crippen molar-refractivity contribution in [3.8, 4) is 0 Å². The summed E-state index contributed by atoms with van der Waals surface area (Å²) in [5, 5.41) is 8.00. The molecule has 0 bridgehead atoms. The number of amidine groups is 1. The van der Waals surface area contributed by atoms with Crippen molar-refractivity contribution in [3.05, 3.63) is 35.4 Å². The molecule has 0 unspecified atom stereocenters. The minimum Gasteiger partial charge on any atom is -0.352 e. The molecule has 0 aromatic heterocycles. The largest absolute Gasteiger partial charge is 0.352 e. The van der Waals surface area contributed by atoms with Crippen LogP contribution in [0.25, 0.3) is 0 Å². The summed E-state index contributed by atoms with van der Waals surface area (Å²) in [5.74, 6) is 0.696. The fourth-order valence-electron chi connectivity index (χ4n) is 2.05. The summed E-state index contributed by atoms with van der Waals surface area (Å²) in [6, 6.07) is 7.84. The van der Waals surface area contributed by atoms with E-state index in [9.17, 15) is 8.42 Å². The Balaban J connectivity index is 1.97. The lowest BCUT2D eigenvalue weighted by Gasteiger charge is -2.17. The Kier molecular flexibility index (Phi) is 3.19. The van der Waals surface area contributed by atoms with Crippen LogP contribution in [0.3, 0.4) is 0 Å². The second kappa shape index (κ2) is 4.49. The number of fused-ring (bicyclic) bond motifs is 1. The van der Waals surface area contributed by atoms with Gasteiger partial charge in [-0.15, -0.1) is 0 Å². The van der Waals surface area contributed by atoms with Crippen LogP contribution in [0.15, 0.2) is 24.3 Å². The van der Waals surface area contributed by atoms with Gasteiger partial charge in [0, 0.05) is 24.9 Å². The molecule has 1 aromatic carbocycles. The van der Waals surface area contributed by atoms with Gasteiger partial charge in [0.25, 0.3) is 0 Å². The van der Waals surface area contributed by atoms with Crippen molar-refractivity contribution < 1.29 is 8.42 Å². The summed E-state index contributed by atoms with van der Waals surface area (Å²) in [6.07, 6.45) is 1.83. The van der Waals surface area contributed by atoms with Gasteiger partial charge in [0.15, 0.2) is 0 Å². The van der Waals surface area contributed by atoms with Gasteiger partial charge >= 0.3 is 0 Å². The second-order valence-electron chi connectivity index (χ2n) is 4.41. The predicted molar refractivity (Wildman–Crippen MR) is 68.0 cm³/mol. The van der Waals surface area contributed by atoms with E-state index in [4.69, 9.17) is 5.41 Å². The number of nitrogens with zero attached hydrogens (tertiary/aromatic N) is 1. The lowest BCUT2D eigenvalue weighted by atomic mass is 10.1. The van der Waals surface area contributed by atoms with E-state index in [1.165, 1.54) is 6.26 Å². The van der Waals surface area contributed by atoms with Crippen LogP contribution in [0, 0.1) is 5.41 Å². The van der Waals surface area contributed by atoms with Crippen molar-refractivity contribution in [2.45, 2.75) is 13.0 Å². The first kappa shape index (κ1) is 12.1. The van der Waals surface area contributed by atoms with E-state index in [1.54, 1.807) is 0 Å². The molecule has 0 amide bonds. The van der Waals surface area contributed by atoms with Gasteiger partial charge in [-0.25, -0.2) is 8.42 Å². The van der Waals surface area contributed by atoms with Gasteiger partial charge in [0.05, 0.1) is 5.75 Å². The summed E-state index contributed by atoms with van der Waals surface area (Å²) in [5.41, 5.74) is 2.11. The van der Waals surface area contributed by atoms with Crippen LogP contribution in [-0.2, 0) is 16.4 Å². The molecule has 1 heterocycles. The van der Waals surface area contributed by atoms with E-state index in [2.05, 4.69) is 0 Å². The molecule has 0 aliphatic carbocycles. The molecule has 0 saturated carbocycles. The zero-order chi connectivity index (χ0) is 12.5. The van der Waals surface area contributed by atoms with Crippen LogP contribution >= 0.6 is 0 Å². The second-order valence-corrected chi connectivity index (χ2v) is 6.67. The van der Waals surface area contributed by atoms with E-state index in [0.29, 0.717) is 18.8 Å². The molecular weight excluding hydrogens is 236 g/mol. The first-order chi connectivity index (χ1) is 7.97. The quantitative estimate of drug-likeness (QED) is 0.877. The maximum absolute atomic E-state index is 11.0. The summed E-state index contributed by atoms with van der Waals surface area (Å²) in [6.45, 7) is 1.35. The van der Waals surface area contributed by atoms with E-state index < -0.39 is 9.84 Å². The molecular formula is C12H16N2O2S. The van der Waals surface area contributed by atoms with Crippen LogP contribution in [0.4, 0.5) is 0 Å². The van der Waals surface area contributed by atoms with Crippen LogP contribution in [0.5, 0.6) is 0 Å². The van der Waals surface area contributed by atoms with Crippen molar-refractivity contribution >= 4 is 15.7 Å². The van der Waals surface area contributed by atoms with Crippen LogP contribution in [-0.4, -0.2) is 37.7 Å². The third-order valence-electron chi connectivity index (χ3n) is 2.89. The predicted octanol–water partition coefficient (Wildman–Crippen LogP) is 1.26. The standard InChI is InChI=1S/C12H16N2O2S/c1-17(15,16)8-4-7-14-9-10-5-2-3-6-11(10)12(14)13/h2-3,5-6,13H,4,7-9H2,1H3. The third kappa shape index (κ3) is 2.85. The van der Waals surface area contributed by atoms with Crippen molar-refractivity contribution in [1.29, 1.82) is 5.41 Å². The number of sulfone groups is 1. The lowest BCUT2D eigenvalue weighted by Crippen LogP contribution is -2.26. The molecule has 1 aliphatic heterocycles. The Morgan fingerprint density at radius 2 is 2.06 bits per heavy atom. The van der Waals surface area contributed by atoms with Gasteiger partial charge in [-0.05, 0) is 12.0 Å². The summed E-state index contributed by atoms with van der Waals surface area (Å²) < 4.78 is 22.1. The highest BCUT2D eigenvalue weighted by Crippen LogP contribution is 2.22. The van der Waals surface area contributed by atoms with E-state index in [0.717, 1.165) is 17.7 Å². The molecule has 92 valence electrons. The summed E-state index contributed by atoms with van der Waals surface area (Å²) >= 11 is 0. The molecule has 17 heavy (non-hydrogen) atoms. The number of benzene rings is 1. The maximum Gasteiger partial charge on any atom is 0.147 e. The van der Waals surface area contributed by atoms with Gasteiger partial charge < -0.3 is 4.90 Å². The molecule has 0 fully saturated rings. The molecule has 4 nitrogen and oxygen atoms in total. The molecule has 2 rings (SSSR count). The van der Waals surface area contributed by atoms with Crippen molar-refractivity contribution in [2.24, 2.45) is 0 Å². The lowest BCUT2D eigenvalue weighted by molar-refractivity contribution is 0.426. The molecule has 1 N–H and O–H groups in total. The molecule has 0 atom stereocenters. The number of rotatable bonds is 4. The number of nitrogens with one attached hydrogen (secondary N) is 1. The van der Waals surface area contributed by atoms with Crippen LogP contribution in [0.2, 0.25) is 0 Å². The van der Waals surface area contributed by atoms with Gasteiger partial charge in [0.2, 0.25) is 0 Å². The Morgan fingerprint density at radius 3 is 2.71 bits per heavy atom. The fraction of sp³-hybridized carbons (Fsp3) is 0.417. The Labute approximate surface area is 102 Å². The maximum atomic E-state index is 11.0. The molecule has 1 aromatic rings. The van der Waals surface area contributed by atoms with Gasteiger partial charge in [-0.2, -0.15) is 0 Å². The highest BCUT2D eigenvalue weighted by molar-refractivity contribution is 7.90. The Bertz CT molecular complexity index is 537. The normalized spacial score (nSPS) is 15.1. The highest BCUT2D eigenvalue weighted by atomic mass is 32.2. The molecule has 1 aliphatic rings. The zero-order valence-corrected chi connectivity index (χ0v) is 10.6. The first-order valence-electron chi connectivity index (χ1n) is 5.57. The topological polar surface area (TPSA) is 61.2 Å². The smallest absolute Gasteiger partial charge is 0.147 e. The van der Waals surface area contributed by atoms with E-state index in [1.807, 2.05) is 29.2 Å². The first-order valence-corrected chi connectivity index (χ1v) is 7.63. The fourth-order valence-corrected chi connectivity index (χ4v) is 2.71. The monoisotopic (exact) mass is 252 g/mol. The SMILES string of the molecule is CS(=O)(=O)CCCN1Cc2ccccc2C1=N. The average molecular weight is 252 g/mol. The van der Waals surface area contributed by atoms with Gasteiger partial charge in [-0.1, -0.05) is 24.3 Å². The van der Waals surface area contributed by atoms with E-state index in [-0.39, 0.29) is 5.75 Å². The minimum absolute atomic E-state index is 0.188. The average Bonchev–Trinajstić information content (AvgIpc) is 2.55. The summed E-state index contributed by atoms with van der Waals surface area (Å²) in [4.78, 5) is 1.93. The third-order valence-corrected chi connectivity index (χ3v) is 3.92. The Morgan fingerprint density at radius 1 is 1.35 bits per heavy atom. The summed E-state index contributed by atoms with van der Waals surface area (Å²) in [7, 11) is -2.90. The van der Waals surface area contributed by atoms with Crippen molar-refractivity contribution in [3.63, 3.8) is 0 Å². The Hall–Kier alpha value is -1.36.